The number of carbonyl (C=O) groups is 1. The third-order valence-electron chi connectivity index (χ3n) is 2.64. The largest absolute Gasteiger partial charge is 0.425 e. The van der Waals surface area contributed by atoms with E-state index in [1.165, 1.54) is 0 Å². The maximum absolute atomic E-state index is 11.8. The van der Waals surface area contributed by atoms with Crippen molar-refractivity contribution in [3.63, 3.8) is 0 Å². The van der Waals surface area contributed by atoms with Gasteiger partial charge in [-0.2, -0.15) is 0 Å². The molecule has 0 bridgehead atoms. The maximum atomic E-state index is 11.8. The van der Waals surface area contributed by atoms with Crippen molar-refractivity contribution in [1.82, 2.24) is 0 Å². The fraction of sp³-hybridized carbons (Fsp3) is 0.188. The van der Waals surface area contributed by atoms with Gasteiger partial charge in [0.25, 0.3) is 0 Å². The van der Waals surface area contributed by atoms with Crippen LogP contribution in [0.3, 0.4) is 0 Å². The fourth-order valence-electron chi connectivity index (χ4n) is 1.55. The van der Waals surface area contributed by atoms with Crippen LogP contribution in [0.1, 0.15) is 12.5 Å². The lowest BCUT2D eigenvalue weighted by atomic mass is 10.2. The number of ether oxygens (including phenoxy) is 2. The molecule has 0 spiro atoms. The molecule has 0 aromatic heterocycles. The Labute approximate surface area is 112 Å². The van der Waals surface area contributed by atoms with Gasteiger partial charge in [0.1, 0.15) is 5.75 Å². The summed E-state index contributed by atoms with van der Waals surface area (Å²) in [7, 11) is 0. The quantitative estimate of drug-likeness (QED) is 0.608. The minimum atomic E-state index is -0.597. The summed E-state index contributed by atoms with van der Waals surface area (Å²) in [4.78, 5) is 11.8. The molecular formula is C16H16O3. The van der Waals surface area contributed by atoms with Gasteiger partial charge in [0.2, 0.25) is 0 Å². The normalized spacial score (nSPS) is 11.8. The zero-order valence-electron chi connectivity index (χ0n) is 10.8. The van der Waals surface area contributed by atoms with Gasteiger partial charge in [0.15, 0.2) is 6.10 Å². The molecular weight excluding hydrogens is 240 g/mol. The van der Waals surface area contributed by atoms with Gasteiger partial charge >= 0.3 is 5.97 Å². The Kier molecular flexibility index (Phi) is 4.70. The fourth-order valence-corrected chi connectivity index (χ4v) is 1.55. The van der Waals surface area contributed by atoms with Crippen molar-refractivity contribution >= 4 is 5.97 Å². The summed E-state index contributed by atoms with van der Waals surface area (Å²) in [5, 5.41) is 0. The summed E-state index contributed by atoms with van der Waals surface area (Å²) in [6.45, 7) is 2.08. The molecule has 0 heterocycles. The van der Waals surface area contributed by atoms with Crippen LogP contribution >= 0.6 is 0 Å². The first-order valence-electron chi connectivity index (χ1n) is 6.18. The van der Waals surface area contributed by atoms with Gasteiger partial charge in [0.05, 0.1) is 6.61 Å². The number of rotatable bonds is 5. The first-order valence-corrected chi connectivity index (χ1v) is 6.18. The van der Waals surface area contributed by atoms with Crippen molar-refractivity contribution in [1.29, 1.82) is 0 Å². The molecule has 0 radical (unpaired) electrons. The van der Waals surface area contributed by atoms with Crippen LogP contribution in [0.2, 0.25) is 0 Å². The van der Waals surface area contributed by atoms with Crippen molar-refractivity contribution < 1.29 is 14.3 Å². The summed E-state index contributed by atoms with van der Waals surface area (Å²) in [6.07, 6.45) is -0.597. The first-order chi connectivity index (χ1) is 9.25. The van der Waals surface area contributed by atoms with Crippen LogP contribution in [-0.2, 0) is 16.1 Å². The summed E-state index contributed by atoms with van der Waals surface area (Å²) in [5.41, 5.74) is 1.03. The predicted molar refractivity (Wildman–Crippen MR) is 72.8 cm³/mol. The summed E-state index contributed by atoms with van der Waals surface area (Å²) < 4.78 is 10.7. The number of esters is 1. The molecule has 0 amide bonds. The molecule has 0 N–H and O–H groups in total. The number of para-hydroxylation sites is 1. The molecule has 0 aliphatic carbocycles. The van der Waals surface area contributed by atoms with Gasteiger partial charge in [-0.1, -0.05) is 48.5 Å². The highest BCUT2D eigenvalue weighted by molar-refractivity contribution is 5.76. The van der Waals surface area contributed by atoms with Crippen molar-refractivity contribution in [3.8, 4) is 5.75 Å². The van der Waals surface area contributed by atoms with E-state index in [9.17, 15) is 4.79 Å². The summed E-state index contributed by atoms with van der Waals surface area (Å²) in [6, 6.07) is 18.7. The van der Waals surface area contributed by atoms with Crippen LogP contribution < -0.4 is 4.74 Å². The van der Waals surface area contributed by atoms with E-state index in [1.807, 2.05) is 48.5 Å². The standard InChI is InChI=1S/C16H16O3/c1-13(18-12-14-8-4-2-5-9-14)16(17)19-15-10-6-3-7-11-15/h2-11,13H,12H2,1H3. The Morgan fingerprint density at radius 2 is 1.58 bits per heavy atom. The lowest BCUT2D eigenvalue weighted by Gasteiger charge is -2.12. The van der Waals surface area contributed by atoms with Crippen molar-refractivity contribution in [2.45, 2.75) is 19.6 Å². The van der Waals surface area contributed by atoms with Crippen LogP contribution in [0, 0.1) is 0 Å². The molecule has 1 atom stereocenters. The SMILES string of the molecule is CC(OCc1ccccc1)C(=O)Oc1ccccc1. The zero-order chi connectivity index (χ0) is 13.5. The van der Waals surface area contributed by atoms with Gasteiger partial charge in [-0.15, -0.1) is 0 Å². The lowest BCUT2D eigenvalue weighted by Crippen LogP contribution is -2.25. The molecule has 0 aliphatic rings. The molecule has 2 aromatic rings. The van der Waals surface area contributed by atoms with E-state index in [2.05, 4.69) is 0 Å². The highest BCUT2D eigenvalue weighted by Gasteiger charge is 2.15. The average molecular weight is 256 g/mol. The topological polar surface area (TPSA) is 35.5 Å². The van der Waals surface area contributed by atoms with E-state index in [0.717, 1.165) is 5.56 Å². The van der Waals surface area contributed by atoms with Crippen molar-refractivity contribution in [3.05, 3.63) is 66.2 Å². The molecule has 3 nitrogen and oxygen atoms in total. The Balaban J connectivity index is 1.83. The Morgan fingerprint density at radius 3 is 2.21 bits per heavy atom. The van der Waals surface area contributed by atoms with E-state index < -0.39 is 6.10 Å². The molecule has 2 aromatic carbocycles. The van der Waals surface area contributed by atoms with Crippen LogP contribution in [-0.4, -0.2) is 12.1 Å². The second-order valence-corrected chi connectivity index (χ2v) is 4.17. The Bertz CT molecular complexity index is 508. The predicted octanol–water partition coefficient (Wildman–Crippen LogP) is 3.20. The van der Waals surface area contributed by atoms with Crippen molar-refractivity contribution in [2.75, 3.05) is 0 Å². The number of benzene rings is 2. The van der Waals surface area contributed by atoms with Gasteiger partial charge in [-0.3, -0.25) is 0 Å². The van der Waals surface area contributed by atoms with Crippen LogP contribution in [0.15, 0.2) is 60.7 Å². The molecule has 0 saturated heterocycles. The minimum Gasteiger partial charge on any atom is -0.425 e. The molecule has 2 rings (SSSR count). The molecule has 98 valence electrons. The average Bonchev–Trinajstić information content (AvgIpc) is 2.47. The minimum absolute atomic E-state index is 0.387. The van der Waals surface area contributed by atoms with Gasteiger partial charge in [-0.05, 0) is 24.6 Å². The second kappa shape index (κ2) is 6.71. The van der Waals surface area contributed by atoms with E-state index in [4.69, 9.17) is 9.47 Å². The Morgan fingerprint density at radius 1 is 1.00 bits per heavy atom. The van der Waals surface area contributed by atoms with E-state index in [-0.39, 0.29) is 5.97 Å². The highest BCUT2D eigenvalue weighted by Crippen LogP contribution is 2.11. The monoisotopic (exact) mass is 256 g/mol. The number of carbonyl (C=O) groups excluding carboxylic acids is 1. The Hall–Kier alpha value is -2.13. The van der Waals surface area contributed by atoms with Gasteiger partial charge < -0.3 is 9.47 Å². The van der Waals surface area contributed by atoms with Crippen LogP contribution in [0.5, 0.6) is 5.75 Å². The van der Waals surface area contributed by atoms with E-state index >= 15 is 0 Å². The highest BCUT2D eigenvalue weighted by atomic mass is 16.6. The van der Waals surface area contributed by atoms with Crippen molar-refractivity contribution in [2.24, 2.45) is 0 Å². The molecule has 0 fully saturated rings. The van der Waals surface area contributed by atoms with Crippen LogP contribution in [0.25, 0.3) is 0 Å². The molecule has 0 aliphatic heterocycles. The summed E-state index contributed by atoms with van der Waals surface area (Å²) >= 11 is 0. The van der Waals surface area contributed by atoms with Crippen LogP contribution in [0.4, 0.5) is 0 Å². The summed E-state index contributed by atoms with van der Waals surface area (Å²) in [5.74, 6) is 0.143. The van der Waals surface area contributed by atoms with E-state index in [0.29, 0.717) is 12.4 Å². The smallest absolute Gasteiger partial charge is 0.340 e. The van der Waals surface area contributed by atoms with Gasteiger partial charge in [-0.25, -0.2) is 4.79 Å². The molecule has 1 unspecified atom stereocenters. The molecule has 3 heteroatoms. The molecule has 0 saturated carbocycles. The van der Waals surface area contributed by atoms with Gasteiger partial charge in [0, 0.05) is 0 Å². The lowest BCUT2D eigenvalue weighted by molar-refractivity contribution is -0.147. The third kappa shape index (κ3) is 4.23. The van der Waals surface area contributed by atoms with E-state index in [1.54, 1.807) is 19.1 Å². The first kappa shape index (κ1) is 13.3. The maximum Gasteiger partial charge on any atom is 0.340 e. The number of hydrogen-bond acceptors (Lipinski definition) is 3. The third-order valence-corrected chi connectivity index (χ3v) is 2.64. The zero-order valence-corrected chi connectivity index (χ0v) is 10.8. The molecule has 19 heavy (non-hydrogen) atoms. The second-order valence-electron chi connectivity index (χ2n) is 4.17. The number of hydrogen-bond donors (Lipinski definition) is 0.